The lowest BCUT2D eigenvalue weighted by atomic mass is 10.0. The fourth-order valence-electron chi connectivity index (χ4n) is 2.92. The first-order chi connectivity index (χ1) is 8.58. The van der Waals surface area contributed by atoms with Crippen molar-refractivity contribution in [1.82, 2.24) is 0 Å². The highest BCUT2D eigenvalue weighted by molar-refractivity contribution is 5.54. The molecule has 3 heteroatoms. The van der Waals surface area contributed by atoms with Crippen LogP contribution in [0.15, 0.2) is 18.2 Å². The lowest BCUT2D eigenvalue weighted by molar-refractivity contribution is 0.545. The molecule has 100 valence electrons. The molecule has 0 amide bonds. The second-order valence-electron chi connectivity index (χ2n) is 5.52. The standard InChI is InChI=1S/C15H23FN2/c1-11(17)14-9-13(16)7-8-15(14)18(2)10-12-5-3-4-6-12/h7-9,11-12H,3-6,10,17H2,1-2H3. The highest BCUT2D eigenvalue weighted by Crippen LogP contribution is 2.30. The monoisotopic (exact) mass is 250 g/mol. The number of hydrogen-bond donors (Lipinski definition) is 1. The van der Waals surface area contributed by atoms with Gasteiger partial charge in [-0.25, -0.2) is 4.39 Å². The molecule has 0 spiro atoms. The summed E-state index contributed by atoms with van der Waals surface area (Å²) in [6, 6.07) is 4.79. The van der Waals surface area contributed by atoms with E-state index in [-0.39, 0.29) is 11.9 Å². The lowest BCUT2D eigenvalue weighted by Crippen LogP contribution is -2.26. The van der Waals surface area contributed by atoms with E-state index in [4.69, 9.17) is 5.73 Å². The van der Waals surface area contributed by atoms with Crippen LogP contribution in [-0.4, -0.2) is 13.6 Å². The van der Waals surface area contributed by atoms with Crippen molar-refractivity contribution in [2.45, 2.75) is 38.6 Å². The fraction of sp³-hybridized carbons (Fsp3) is 0.600. The van der Waals surface area contributed by atoms with Crippen LogP contribution in [0.3, 0.4) is 0 Å². The molecule has 0 radical (unpaired) electrons. The van der Waals surface area contributed by atoms with E-state index in [0.717, 1.165) is 23.7 Å². The zero-order chi connectivity index (χ0) is 13.1. The van der Waals surface area contributed by atoms with Gasteiger partial charge in [-0.3, -0.25) is 0 Å². The van der Waals surface area contributed by atoms with E-state index in [1.54, 1.807) is 6.07 Å². The van der Waals surface area contributed by atoms with E-state index < -0.39 is 0 Å². The Morgan fingerprint density at radius 2 is 2.06 bits per heavy atom. The predicted octanol–water partition coefficient (Wildman–Crippen LogP) is 3.47. The zero-order valence-corrected chi connectivity index (χ0v) is 11.3. The van der Waals surface area contributed by atoms with Gasteiger partial charge in [0.2, 0.25) is 0 Å². The number of nitrogens with two attached hydrogens (primary N) is 1. The molecule has 2 nitrogen and oxygen atoms in total. The van der Waals surface area contributed by atoms with Crippen molar-refractivity contribution in [2.24, 2.45) is 11.7 Å². The molecule has 1 unspecified atom stereocenters. The smallest absolute Gasteiger partial charge is 0.123 e. The molecular formula is C15H23FN2. The fourth-order valence-corrected chi connectivity index (χ4v) is 2.92. The molecule has 1 atom stereocenters. The van der Waals surface area contributed by atoms with Gasteiger partial charge in [0.25, 0.3) is 0 Å². The van der Waals surface area contributed by atoms with Gasteiger partial charge in [0.05, 0.1) is 0 Å². The Morgan fingerprint density at radius 1 is 1.39 bits per heavy atom. The van der Waals surface area contributed by atoms with E-state index in [1.165, 1.54) is 31.7 Å². The minimum Gasteiger partial charge on any atom is -0.374 e. The van der Waals surface area contributed by atoms with E-state index in [2.05, 4.69) is 11.9 Å². The molecule has 2 N–H and O–H groups in total. The largest absolute Gasteiger partial charge is 0.374 e. The zero-order valence-electron chi connectivity index (χ0n) is 11.3. The van der Waals surface area contributed by atoms with Crippen LogP contribution in [0.1, 0.15) is 44.2 Å². The summed E-state index contributed by atoms with van der Waals surface area (Å²) in [5.74, 6) is 0.571. The van der Waals surface area contributed by atoms with Gasteiger partial charge in [0.15, 0.2) is 0 Å². The van der Waals surface area contributed by atoms with Gasteiger partial charge in [0.1, 0.15) is 5.82 Å². The van der Waals surface area contributed by atoms with Gasteiger partial charge in [-0.15, -0.1) is 0 Å². The van der Waals surface area contributed by atoms with Crippen molar-refractivity contribution in [1.29, 1.82) is 0 Å². The van der Waals surface area contributed by atoms with Crippen molar-refractivity contribution >= 4 is 5.69 Å². The maximum Gasteiger partial charge on any atom is 0.123 e. The van der Waals surface area contributed by atoms with Gasteiger partial charge < -0.3 is 10.6 Å². The van der Waals surface area contributed by atoms with Crippen LogP contribution < -0.4 is 10.6 Å². The van der Waals surface area contributed by atoms with E-state index >= 15 is 0 Å². The van der Waals surface area contributed by atoms with Crippen LogP contribution in [0.2, 0.25) is 0 Å². The number of nitrogens with zero attached hydrogens (tertiary/aromatic N) is 1. The predicted molar refractivity (Wildman–Crippen MR) is 74.2 cm³/mol. The number of anilines is 1. The summed E-state index contributed by atoms with van der Waals surface area (Å²) in [5.41, 5.74) is 7.90. The van der Waals surface area contributed by atoms with Crippen LogP contribution in [0, 0.1) is 11.7 Å². The van der Waals surface area contributed by atoms with Crippen LogP contribution in [0.25, 0.3) is 0 Å². The number of hydrogen-bond acceptors (Lipinski definition) is 2. The van der Waals surface area contributed by atoms with Crippen LogP contribution in [-0.2, 0) is 0 Å². The number of benzene rings is 1. The highest BCUT2D eigenvalue weighted by atomic mass is 19.1. The van der Waals surface area contributed by atoms with Crippen molar-refractivity contribution in [3.63, 3.8) is 0 Å². The third-order valence-electron chi connectivity index (χ3n) is 3.90. The Labute approximate surface area is 109 Å². The van der Waals surface area contributed by atoms with E-state index in [9.17, 15) is 4.39 Å². The van der Waals surface area contributed by atoms with Crippen molar-refractivity contribution in [3.05, 3.63) is 29.6 Å². The molecule has 1 fully saturated rings. The third-order valence-corrected chi connectivity index (χ3v) is 3.90. The molecular weight excluding hydrogens is 227 g/mol. The van der Waals surface area contributed by atoms with Gasteiger partial charge >= 0.3 is 0 Å². The molecule has 1 aromatic carbocycles. The Hall–Kier alpha value is -1.09. The SMILES string of the molecule is CC(N)c1cc(F)ccc1N(C)CC1CCCC1. The molecule has 0 bridgehead atoms. The topological polar surface area (TPSA) is 29.3 Å². The summed E-state index contributed by atoms with van der Waals surface area (Å²) in [4.78, 5) is 2.23. The Balaban J connectivity index is 2.15. The summed E-state index contributed by atoms with van der Waals surface area (Å²) < 4.78 is 13.3. The minimum atomic E-state index is -0.208. The summed E-state index contributed by atoms with van der Waals surface area (Å²) in [7, 11) is 2.08. The summed E-state index contributed by atoms with van der Waals surface area (Å²) >= 11 is 0. The van der Waals surface area contributed by atoms with Crippen molar-refractivity contribution < 1.29 is 4.39 Å². The van der Waals surface area contributed by atoms with Crippen LogP contribution >= 0.6 is 0 Å². The second-order valence-corrected chi connectivity index (χ2v) is 5.52. The molecule has 1 saturated carbocycles. The molecule has 2 rings (SSSR count). The maximum absolute atomic E-state index is 13.3. The second kappa shape index (κ2) is 5.70. The molecule has 0 aliphatic heterocycles. The third kappa shape index (κ3) is 3.02. The first kappa shape index (κ1) is 13.3. The average Bonchev–Trinajstić information content (AvgIpc) is 2.81. The van der Waals surface area contributed by atoms with Gasteiger partial charge in [0, 0.05) is 25.3 Å². The van der Waals surface area contributed by atoms with Crippen molar-refractivity contribution in [3.8, 4) is 0 Å². The number of rotatable bonds is 4. The van der Waals surface area contributed by atoms with E-state index in [1.807, 2.05) is 13.0 Å². The van der Waals surface area contributed by atoms with E-state index in [0.29, 0.717) is 0 Å². The van der Waals surface area contributed by atoms with Gasteiger partial charge in [-0.1, -0.05) is 12.8 Å². The summed E-state index contributed by atoms with van der Waals surface area (Å²) in [6.07, 6.45) is 5.34. The summed E-state index contributed by atoms with van der Waals surface area (Å²) in [5, 5.41) is 0. The molecule has 1 aromatic rings. The molecule has 0 saturated heterocycles. The molecule has 18 heavy (non-hydrogen) atoms. The quantitative estimate of drug-likeness (QED) is 0.886. The first-order valence-corrected chi connectivity index (χ1v) is 6.84. The van der Waals surface area contributed by atoms with Gasteiger partial charge in [-0.05, 0) is 49.4 Å². The Morgan fingerprint density at radius 3 is 2.67 bits per heavy atom. The number of halogens is 1. The highest BCUT2D eigenvalue weighted by Gasteiger charge is 2.19. The normalized spacial score (nSPS) is 18.0. The maximum atomic E-state index is 13.3. The molecule has 0 heterocycles. The Kier molecular flexibility index (Phi) is 4.23. The minimum absolute atomic E-state index is 0.137. The Bertz CT molecular complexity index is 397. The molecule has 1 aliphatic rings. The first-order valence-electron chi connectivity index (χ1n) is 6.84. The average molecular weight is 250 g/mol. The summed E-state index contributed by atoms with van der Waals surface area (Å²) in [6.45, 7) is 2.95. The molecule has 0 aromatic heterocycles. The van der Waals surface area contributed by atoms with Gasteiger partial charge in [-0.2, -0.15) is 0 Å². The molecule has 1 aliphatic carbocycles. The lowest BCUT2D eigenvalue weighted by Gasteiger charge is -2.26. The van der Waals surface area contributed by atoms with Crippen LogP contribution in [0.4, 0.5) is 10.1 Å². The van der Waals surface area contributed by atoms with Crippen molar-refractivity contribution in [2.75, 3.05) is 18.5 Å². The van der Waals surface area contributed by atoms with Crippen LogP contribution in [0.5, 0.6) is 0 Å².